The summed E-state index contributed by atoms with van der Waals surface area (Å²) in [6.07, 6.45) is 5.69. The fourth-order valence-electron chi connectivity index (χ4n) is 4.66. The van der Waals surface area contributed by atoms with E-state index in [0.29, 0.717) is 13.0 Å². The van der Waals surface area contributed by atoms with E-state index in [0.717, 1.165) is 47.4 Å². The number of aliphatic hydroxyl groups is 1. The molecule has 6 nitrogen and oxygen atoms in total. The molecule has 0 bridgehead atoms. The van der Waals surface area contributed by atoms with Crippen molar-refractivity contribution in [2.75, 3.05) is 18.1 Å². The van der Waals surface area contributed by atoms with Gasteiger partial charge in [-0.05, 0) is 68.4 Å². The molecule has 1 aliphatic carbocycles. The van der Waals surface area contributed by atoms with Crippen LogP contribution in [0.25, 0.3) is 22.3 Å². The second-order valence-electron chi connectivity index (χ2n) is 8.17. The minimum absolute atomic E-state index is 0.0866. The van der Waals surface area contributed by atoms with Gasteiger partial charge in [-0.2, -0.15) is 5.10 Å². The maximum Gasteiger partial charge on any atom is 0.237 e. The third-order valence-electron chi connectivity index (χ3n) is 6.14. The Kier molecular flexibility index (Phi) is 3.49. The summed E-state index contributed by atoms with van der Waals surface area (Å²) in [7, 11) is 0. The van der Waals surface area contributed by atoms with Crippen molar-refractivity contribution in [1.29, 1.82) is 0 Å². The van der Waals surface area contributed by atoms with Crippen LogP contribution in [-0.2, 0) is 23.1 Å². The molecular formula is C21H24N4O2. The number of aliphatic hydroxyl groups excluding tert-OH is 1. The zero-order valence-corrected chi connectivity index (χ0v) is 15.7. The lowest BCUT2D eigenvalue weighted by Crippen LogP contribution is -2.37. The minimum atomic E-state index is -0.557. The summed E-state index contributed by atoms with van der Waals surface area (Å²) in [5, 5.41) is 17.9. The highest BCUT2D eigenvalue weighted by molar-refractivity contribution is 6.10. The number of anilines is 1. The molecule has 1 amide bonds. The lowest BCUT2D eigenvalue weighted by atomic mass is 9.85. The van der Waals surface area contributed by atoms with E-state index >= 15 is 0 Å². The zero-order chi connectivity index (χ0) is 18.8. The van der Waals surface area contributed by atoms with Gasteiger partial charge in [0.1, 0.15) is 5.69 Å². The Balaban J connectivity index is 1.73. The number of hydrogen-bond donors (Lipinski definition) is 3. The van der Waals surface area contributed by atoms with Crippen LogP contribution < -0.4 is 4.90 Å². The van der Waals surface area contributed by atoms with Gasteiger partial charge in [-0.3, -0.25) is 9.89 Å². The highest BCUT2D eigenvalue weighted by atomic mass is 16.3. The van der Waals surface area contributed by atoms with Crippen LogP contribution in [0.3, 0.4) is 0 Å². The molecule has 0 saturated carbocycles. The maximum absolute atomic E-state index is 13.0. The van der Waals surface area contributed by atoms with Crippen molar-refractivity contribution in [2.24, 2.45) is 0 Å². The number of H-pyrrole nitrogens is 2. The van der Waals surface area contributed by atoms with Crippen LogP contribution in [0.1, 0.15) is 43.4 Å². The monoisotopic (exact) mass is 364 g/mol. The minimum Gasteiger partial charge on any atom is -0.396 e. The molecule has 1 aromatic carbocycles. The van der Waals surface area contributed by atoms with E-state index in [-0.39, 0.29) is 12.5 Å². The van der Waals surface area contributed by atoms with Gasteiger partial charge in [0.15, 0.2) is 0 Å². The van der Waals surface area contributed by atoms with E-state index in [4.69, 9.17) is 0 Å². The Bertz CT molecular complexity index is 1060. The van der Waals surface area contributed by atoms with Gasteiger partial charge in [-0.1, -0.05) is 0 Å². The molecule has 3 aromatic rings. The largest absolute Gasteiger partial charge is 0.396 e. The summed E-state index contributed by atoms with van der Waals surface area (Å²) in [5.41, 5.74) is 7.22. The first-order valence-electron chi connectivity index (χ1n) is 9.67. The van der Waals surface area contributed by atoms with E-state index in [1.807, 2.05) is 24.9 Å². The Morgan fingerprint density at radius 1 is 1.30 bits per heavy atom. The summed E-state index contributed by atoms with van der Waals surface area (Å²) in [5.74, 6) is 0.110. The van der Waals surface area contributed by atoms with Crippen LogP contribution >= 0.6 is 0 Å². The maximum atomic E-state index is 13.0. The summed E-state index contributed by atoms with van der Waals surface area (Å²) in [6.45, 7) is 4.61. The number of aromatic amines is 2. The number of nitrogens with zero attached hydrogens (tertiary/aromatic N) is 2. The van der Waals surface area contributed by atoms with Crippen LogP contribution in [0.2, 0.25) is 0 Å². The fourth-order valence-corrected chi connectivity index (χ4v) is 4.66. The fraction of sp³-hybridized carbons (Fsp3) is 0.429. The van der Waals surface area contributed by atoms with Gasteiger partial charge in [-0.15, -0.1) is 0 Å². The van der Waals surface area contributed by atoms with Crippen LogP contribution in [0.15, 0.2) is 18.3 Å². The van der Waals surface area contributed by atoms with E-state index in [2.05, 4.69) is 27.3 Å². The molecule has 0 atom stereocenters. The Hall–Kier alpha value is -2.60. The van der Waals surface area contributed by atoms with Crippen molar-refractivity contribution in [1.82, 2.24) is 15.2 Å². The highest BCUT2D eigenvalue weighted by Crippen LogP contribution is 2.45. The van der Waals surface area contributed by atoms with Crippen LogP contribution in [0.5, 0.6) is 0 Å². The molecule has 2 aliphatic rings. The molecule has 0 saturated heterocycles. The van der Waals surface area contributed by atoms with Crippen molar-refractivity contribution < 1.29 is 9.90 Å². The van der Waals surface area contributed by atoms with Gasteiger partial charge in [0.2, 0.25) is 5.91 Å². The average molecular weight is 364 g/mol. The Labute approximate surface area is 157 Å². The number of rotatable bonds is 3. The van der Waals surface area contributed by atoms with Crippen molar-refractivity contribution in [3.05, 3.63) is 35.0 Å². The quantitative estimate of drug-likeness (QED) is 0.668. The van der Waals surface area contributed by atoms with Gasteiger partial charge in [0.05, 0.1) is 11.1 Å². The molecule has 3 N–H and O–H groups in total. The molecule has 0 spiro atoms. The third kappa shape index (κ3) is 2.22. The van der Waals surface area contributed by atoms with E-state index in [9.17, 15) is 9.90 Å². The lowest BCUT2D eigenvalue weighted by Gasteiger charge is -2.20. The second-order valence-corrected chi connectivity index (χ2v) is 8.17. The molecule has 5 rings (SSSR count). The first-order chi connectivity index (χ1) is 13.0. The van der Waals surface area contributed by atoms with Crippen LogP contribution in [-0.4, -0.2) is 39.3 Å². The second kappa shape index (κ2) is 5.70. The number of hydrogen-bond acceptors (Lipinski definition) is 3. The predicted octanol–water partition coefficient (Wildman–Crippen LogP) is 3.05. The summed E-state index contributed by atoms with van der Waals surface area (Å²) < 4.78 is 0. The Morgan fingerprint density at radius 2 is 2.15 bits per heavy atom. The lowest BCUT2D eigenvalue weighted by molar-refractivity contribution is -0.122. The van der Waals surface area contributed by atoms with Crippen molar-refractivity contribution >= 4 is 22.5 Å². The van der Waals surface area contributed by atoms with Gasteiger partial charge in [0, 0.05) is 35.9 Å². The normalized spacial score (nSPS) is 17.7. The van der Waals surface area contributed by atoms with Gasteiger partial charge in [0.25, 0.3) is 0 Å². The van der Waals surface area contributed by atoms with E-state index in [1.165, 1.54) is 16.5 Å². The number of aromatic nitrogens is 3. The number of benzene rings is 1. The smallest absolute Gasteiger partial charge is 0.237 e. The first-order valence-corrected chi connectivity index (χ1v) is 9.67. The number of carbonyl (C=O) groups excluding carboxylic acids is 1. The number of aryl methyl sites for hydroxylation is 2. The molecule has 27 heavy (non-hydrogen) atoms. The first kappa shape index (κ1) is 16.6. The van der Waals surface area contributed by atoms with Crippen LogP contribution in [0.4, 0.5) is 5.69 Å². The van der Waals surface area contributed by atoms with Gasteiger partial charge < -0.3 is 15.0 Å². The Morgan fingerprint density at radius 3 is 2.96 bits per heavy atom. The average Bonchev–Trinajstić information content (AvgIpc) is 3.26. The third-order valence-corrected chi connectivity index (χ3v) is 6.14. The van der Waals surface area contributed by atoms with E-state index in [1.54, 1.807) is 0 Å². The van der Waals surface area contributed by atoms with Crippen molar-refractivity contribution in [2.45, 2.75) is 44.9 Å². The summed E-state index contributed by atoms with van der Waals surface area (Å²) >= 11 is 0. The van der Waals surface area contributed by atoms with Crippen LogP contribution in [0, 0.1) is 0 Å². The molecule has 0 fully saturated rings. The van der Waals surface area contributed by atoms with Gasteiger partial charge in [-0.25, -0.2) is 0 Å². The van der Waals surface area contributed by atoms with Crippen molar-refractivity contribution in [3.63, 3.8) is 0 Å². The van der Waals surface area contributed by atoms with E-state index < -0.39 is 5.41 Å². The molecule has 0 unspecified atom stereocenters. The molecule has 6 heteroatoms. The highest BCUT2D eigenvalue weighted by Gasteiger charge is 2.44. The predicted molar refractivity (Wildman–Crippen MR) is 105 cm³/mol. The topological polar surface area (TPSA) is 85.0 Å². The SMILES string of the molecule is CC1(C)C(=O)N(CCCO)c2cc3c4c([nH]c3cc21)-c1n[nH]cc1CCC4. The molecule has 1 aliphatic heterocycles. The van der Waals surface area contributed by atoms with Crippen molar-refractivity contribution in [3.8, 4) is 11.4 Å². The number of carbonyl (C=O) groups is 1. The number of amides is 1. The van der Waals surface area contributed by atoms with Gasteiger partial charge >= 0.3 is 0 Å². The molecule has 0 radical (unpaired) electrons. The summed E-state index contributed by atoms with van der Waals surface area (Å²) in [4.78, 5) is 18.4. The zero-order valence-electron chi connectivity index (χ0n) is 15.7. The number of nitrogens with one attached hydrogen (secondary N) is 2. The molecule has 3 heterocycles. The standard InChI is InChI=1S/C21H24N4O2/c1-21(2)15-10-16-14(9-17(15)25(20(21)27)7-4-8-26)13-6-3-5-12-11-22-24-18(12)19(13)23-16/h9-11,23,26H,3-8H2,1-2H3,(H,22,24). The summed E-state index contributed by atoms with van der Waals surface area (Å²) in [6, 6.07) is 4.31. The molecule has 2 aromatic heterocycles. The number of fused-ring (bicyclic) bond motifs is 6. The molecular weight excluding hydrogens is 340 g/mol. The molecule has 140 valence electrons.